The second-order valence-corrected chi connectivity index (χ2v) is 5.56. The van der Waals surface area contributed by atoms with E-state index in [0.717, 1.165) is 12.5 Å². The van der Waals surface area contributed by atoms with Gasteiger partial charge >= 0.3 is 0 Å². The number of hydrogen-bond donors (Lipinski definition) is 1. The normalized spacial score (nSPS) is 17.4. The number of aryl methyl sites for hydroxylation is 1. The highest BCUT2D eigenvalue weighted by atomic mass is 79.9. The van der Waals surface area contributed by atoms with Crippen LogP contribution in [0.3, 0.4) is 0 Å². The molecule has 1 saturated carbocycles. The van der Waals surface area contributed by atoms with Gasteiger partial charge in [-0.1, -0.05) is 53.9 Å². The summed E-state index contributed by atoms with van der Waals surface area (Å²) in [5.41, 5.74) is 2.75. The summed E-state index contributed by atoms with van der Waals surface area (Å²) in [6.07, 6.45) is 4.13. The topological polar surface area (TPSA) is 12.0 Å². The zero-order valence-electron chi connectivity index (χ0n) is 10.1. The van der Waals surface area contributed by atoms with Crippen molar-refractivity contribution in [3.8, 4) is 0 Å². The fraction of sp³-hybridized carbons (Fsp3) is 0.571. The maximum atomic E-state index is 3.72. The minimum Gasteiger partial charge on any atom is -0.310 e. The van der Waals surface area contributed by atoms with Crippen LogP contribution in [0.15, 0.2) is 22.7 Å². The molecule has 0 amide bonds. The van der Waals surface area contributed by atoms with Gasteiger partial charge < -0.3 is 5.32 Å². The number of benzene rings is 1. The van der Waals surface area contributed by atoms with E-state index in [-0.39, 0.29) is 0 Å². The van der Waals surface area contributed by atoms with Gasteiger partial charge in [0.2, 0.25) is 0 Å². The van der Waals surface area contributed by atoms with Gasteiger partial charge in [0.15, 0.2) is 0 Å². The second kappa shape index (κ2) is 5.33. The Labute approximate surface area is 107 Å². The molecule has 1 nitrogen and oxygen atoms in total. The van der Waals surface area contributed by atoms with Crippen molar-refractivity contribution in [1.29, 1.82) is 0 Å². The predicted molar refractivity (Wildman–Crippen MR) is 72.6 cm³/mol. The minimum absolute atomic E-state index is 0.520. The lowest BCUT2D eigenvalue weighted by Crippen LogP contribution is -2.22. The lowest BCUT2D eigenvalue weighted by atomic mass is 9.99. The quantitative estimate of drug-likeness (QED) is 0.853. The van der Waals surface area contributed by atoms with E-state index in [9.17, 15) is 0 Å². The van der Waals surface area contributed by atoms with Gasteiger partial charge in [-0.05, 0) is 36.9 Å². The lowest BCUT2D eigenvalue weighted by Gasteiger charge is -2.20. The summed E-state index contributed by atoms with van der Waals surface area (Å²) in [4.78, 5) is 0. The maximum Gasteiger partial charge on any atom is 0.0334 e. The molecule has 0 aliphatic heterocycles. The molecule has 1 aromatic rings. The van der Waals surface area contributed by atoms with Crippen LogP contribution in [-0.2, 0) is 0 Å². The van der Waals surface area contributed by atoms with Crippen molar-refractivity contribution in [3.63, 3.8) is 0 Å². The van der Waals surface area contributed by atoms with E-state index in [4.69, 9.17) is 0 Å². The first-order chi connectivity index (χ1) is 7.72. The van der Waals surface area contributed by atoms with Gasteiger partial charge in [-0.15, -0.1) is 0 Å². The van der Waals surface area contributed by atoms with Crippen LogP contribution in [0.4, 0.5) is 0 Å². The lowest BCUT2D eigenvalue weighted by molar-refractivity contribution is 0.485. The maximum absolute atomic E-state index is 3.72. The van der Waals surface area contributed by atoms with Gasteiger partial charge in [0.1, 0.15) is 0 Å². The Kier molecular flexibility index (Phi) is 4.04. The molecule has 0 bridgehead atoms. The average Bonchev–Trinajstić information content (AvgIpc) is 3.06. The van der Waals surface area contributed by atoms with Gasteiger partial charge in [-0.25, -0.2) is 0 Å². The van der Waals surface area contributed by atoms with Crippen LogP contribution in [-0.4, -0.2) is 6.54 Å². The molecular weight excluding hydrogens is 262 g/mol. The highest BCUT2D eigenvalue weighted by Crippen LogP contribution is 2.39. The zero-order chi connectivity index (χ0) is 11.5. The molecule has 2 heteroatoms. The van der Waals surface area contributed by atoms with E-state index in [1.54, 1.807) is 0 Å². The molecule has 0 aromatic heterocycles. The molecule has 1 unspecified atom stereocenters. The Bertz CT molecular complexity index is 358. The van der Waals surface area contributed by atoms with E-state index in [1.807, 2.05) is 0 Å². The first-order valence-corrected chi connectivity index (χ1v) is 7.00. The van der Waals surface area contributed by atoms with Crippen molar-refractivity contribution in [2.24, 2.45) is 5.92 Å². The average molecular weight is 282 g/mol. The van der Waals surface area contributed by atoms with E-state index in [0.29, 0.717) is 6.04 Å². The highest BCUT2D eigenvalue weighted by Gasteiger charge is 2.26. The van der Waals surface area contributed by atoms with Crippen LogP contribution in [0.25, 0.3) is 0 Å². The molecule has 1 fully saturated rings. The van der Waals surface area contributed by atoms with E-state index < -0.39 is 0 Å². The third-order valence-corrected chi connectivity index (χ3v) is 4.40. The minimum atomic E-state index is 0.520. The molecular formula is C14H20BrN. The summed E-state index contributed by atoms with van der Waals surface area (Å²) >= 11 is 3.72. The Morgan fingerprint density at radius 2 is 2.19 bits per heavy atom. The van der Waals surface area contributed by atoms with E-state index in [1.165, 1.54) is 34.9 Å². The summed E-state index contributed by atoms with van der Waals surface area (Å²) < 4.78 is 1.28. The van der Waals surface area contributed by atoms with Crippen LogP contribution < -0.4 is 5.32 Å². The van der Waals surface area contributed by atoms with Crippen LogP contribution in [0.1, 0.15) is 43.4 Å². The molecule has 1 aromatic carbocycles. The monoisotopic (exact) mass is 281 g/mol. The molecule has 0 spiro atoms. The molecule has 0 radical (unpaired) electrons. The van der Waals surface area contributed by atoms with Crippen molar-refractivity contribution >= 4 is 15.9 Å². The number of rotatable bonds is 5. The number of halogens is 1. The first kappa shape index (κ1) is 12.1. The summed E-state index contributed by atoms with van der Waals surface area (Å²) in [7, 11) is 0. The molecule has 0 heterocycles. The van der Waals surface area contributed by atoms with E-state index >= 15 is 0 Å². The molecule has 1 aliphatic carbocycles. The first-order valence-electron chi connectivity index (χ1n) is 6.20. The zero-order valence-corrected chi connectivity index (χ0v) is 11.7. The fourth-order valence-electron chi connectivity index (χ4n) is 2.19. The van der Waals surface area contributed by atoms with Crippen LogP contribution >= 0.6 is 15.9 Å². The van der Waals surface area contributed by atoms with Crippen molar-refractivity contribution in [3.05, 3.63) is 33.8 Å². The summed E-state index contributed by atoms with van der Waals surface area (Å²) in [5.74, 6) is 0.955. The van der Waals surface area contributed by atoms with Gasteiger partial charge in [-0.2, -0.15) is 0 Å². The summed E-state index contributed by atoms with van der Waals surface area (Å²) in [6, 6.07) is 7.08. The number of hydrogen-bond acceptors (Lipinski definition) is 1. The molecule has 0 saturated heterocycles. The number of nitrogens with one attached hydrogen (secondary N) is 1. The summed E-state index contributed by atoms with van der Waals surface area (Å²) in [6.45, 7) is 5.38. The van der Waals surface area contributed by atoms with Gasteiger partial charge in [0.05, 0.1) is 0 Å². The van der Waals surface area contributed by atoms with Gasteiger partial charge in [0, 0.05) is 10.5 Å². The molecule has 1 atom stereocenters. The van der Waals surface area contributed by atoms with Crippen LogP contribution in [0.2, 0.25) is 0 Å². The van der Waals surface area contributed by atoms with Gasteiger partial charge in [-0.3, -0.25) is 0 Å². The second-order valence-electron chi connectivity index (χ2n) is 4.77. The molecule has 2 rings (SSSR count). The smallest absolute Gasteiger partial charge is 0.0334 e. The molecule has 88 valence electrons. The third kappa shape index (κ3) is 2.86. The molecule has 1 N–H and O–H groups in total. The van der Waals surface area contributed by atoms with Crippen molar-refractivity contribution in [2.75, 3.05) is 6.54 Å². The third-order valence-electron chi connectivity index (χ3n) is 3.31. The largest absolute Gasteiger partial charge is 0.310 e. The Hall–Kier alpha value is -0.340. The predicted octanol–water partition coefficient (Wildman–Crippen LogP) is 4.21. The van der Waals surface area contributed by atoms with Crippen LogP contribution in [0, 0.1) is 12.8 Å². The Morgan fingerprint density at radius 3 is 2.81 bits per heavy atom. The molecule has 1 aliphatic rings. The molecule has 16 heavy (non-hydrogen) atoms. The Morgan fingerprint density at radius 1 is 1.44 bits per heavy atom. The highest BCUT2D eigenvalue weighted by molar-refractivity contribution is 9.10. The fourth-order valence-corrected chi connectivity index (χ4v) is 2.73. The van der Waals surface area contributed by atoms with Crippen LogP contribution in [0.5, 0.6) is 0 Å². The van der Waals surface area contributed by atoms with Crippen molar-refractivity contribution in [1.82, 2.24) is 5.32 Å². The van der Waals surface area contributed by atoms with Crippen molar-refractivity contribution < 1.29 is 0 Å². The standard InChI is InChI=1S/C14H20BrN/c1-3-16-13(9-11-7-8-11)12-6-4-5-10(2)14(12)15/h4-6,11,13,16H,3,7-9H2,1-2H3. The SMILES string of the molecule is CCNC(CC1CC1)c1cccc(C)c1Br. The van der Waals surface area contributed by atoms with Crippen molar-refractivity contribution in [2.45, 2.75) is 39.2 Å². The summed E-state index contributed by atoms with van der Waals surface area (Å²) in [5, 5.41) is 3.61. The van der Waals surface area contributed by atoms with E-state index in [2.05, 4.69) is 53.3 Å². The Balaban J connectivity index is 2.18. The van der Waals surface area contributed by atoms with Gasteiger partial charge in [0.25, 0.3) is 0 Å².